The fourth-order valence-electron chi connectivity index (χ4n) is 9.27. The van der Waals surface area contributed by atoms with Gasteiger partial charge < -0.3 is 4.90 Å². The van der Waals surface area contributed by atoms with Gasteiger partial charge in [-0.3, -0.25) is 0 Å². The third kappa shape index (κ3) is 6.93. The minimum Gasteiger partial charge on any atom is -0.341 e. The monoisotopic (exact) mass is 707 g/mol. The molecule has 3 heteroatoms. The van der Waals surface area contributed by atoms with Crippen molar-refractivity contribution in [1.29, 1.82) is 0 Å². The molecule has 3 nitrogen and oxygen atoms in total. The molecule has 0 amide bonds. The zero-order valence-corrected chi connectivity index (χ0v) is 32.4. The molecule has 0 spiro atoms. The van der Waals surface area contributed by atoms with Gasteiger partial charge in [0.05, 0.1) is 11.2 Å². The van der Waals surface area contributed by atoms with Crippen LogP contribution >= 0.6 is 0 Å². The van der Waals surface area contributed by atoms with Crippen LogP contribution in [0.2, 0.25) is 0 Å². The zero-order chi connectivity index (χ0) is 37.2. The van der Waals surface area contributed by atoms with E-state index in [0.29, 0.717) is 23.8 Å². The number of nitrogens with zero attached hydrogens (tertiary/aromatic N) is 3. The van der Waals surface area contributed by atoms with E-state index in [2.05, 4.69) is 167 Å². The molecule has 272 valence electrons. The Morgan fingerprint density at radius 3 is 2.31 bits per heavy atom. The zero-order valence-electron chi connectivity index (χ0n) is 32.4. The number of para-hydroxylation sites is 1. The molecule has 3 aliphatic rings. The van der Waals surface area contributed by atoms with E-state index in [-0.39, 0.29) is 0 Å². The van der Waals surface area contributed by atoms with Crippen molar-refractivity contribution in [3.63, 3.8) is 0 Å². The topological polar surface area (TPSA) is 29.0 Å². The summed E-state index contributed by atoms with van der Waals surface area (Å²) in [6, 6.07) is 37.3. The number of anilines is 1. The van der Waals surface area contributed by atoms with Gasteiger partial charge in [0.2, 0.25) is 0 Å². The molecule has 1 aliphatic heterocycles. The first-order chi connectivity index (χ1) is 26.4. The lowest BCUT2D eigenvalue weighted by atomic mass is 9.80. The lowest BCUT2D eigenvalue weighted by Gasteiger charge is -2.33. The summed E-state index contributed by atoms with van der Waals surface area (Å²) in [5.41, 5.74) is 12.9. The molecule has 4 aromatic carbocycles. The van der Waals surface area contributed by atoms with Gasteiger partial charge in [-0.2, -0.15) is 0 Å². The molecular weight excluding hydrogens is 655 g/mol. The second-order valence-corrected chi connectivity index (χ2v) is 15.7. The maximum Gasteiger partial charge on any atom is 0.160 e. The van der Waals surface area contributed by atoms with Crippen molar-refractivity contribution in [2.75, 3.05) is 4.90 Å². The van der Waals surface area contributed by atoms with Crippen LogP contribution in [0.3, 0.4) is 0 Å². The Labute approximate surface area is 321 Å². The van der Waals surface area contributed by atoms with Crippen LogP contribution < -0.4 is 15.3 Å². The first-order valence-corrected chi connectivity index (χ1v) is 20.2. The number of hydrogen-bond donors (Lipinski definition) is 0. The van der Waals surface area contributed by atoms with E-state index in [1.54, 1.807) is 0 Å². The fraction of sp³-hybridized carbons (Fsp3) is 0.294. The summed E-state index contributed by atoms with van der Waals surface area (Å²) in [6.45, 7) is 13.6. The molecule has 3 unspecified atom stereocenters. The van der Waals surface area contributed by atoms with E-state index in [1.165, 1.54) is 87.6 Å². The second-order valence-electron chi connectivity index (χ2n) is 15.7. The van der Waals surface area contributed by atoms with Crippen molar-refractivity contribution >= 4 is 34.3 Å². The highest BCUT2D eigenvalue weighted by Crippen LogP contribution is 2.48. The van der Waals surface area contributed by atoms with Crippen molar-refractivity contribution < 1.29 is 0 Å². The summed E-state index contributed by atoms with van der Waals surface area (Å²) >= 11 is 0. The summed E-state index contributed by atoms with van der Waals surface area (Å²) in [5, 5.41) is 3.51. The Kier molecular flexibility index (Phi) is 10.3. The highest BCUT2D eigenvalue weighted by atomic mass is 15.2. The summed E-state index contributed by atoms with van der Waals surface area (Å²) in [4.78, 5) is 13.1. The Hall–Kier alpha value is -5.28. The van der Waals surface area contributed by atoms with E-state index in [0.717, 1.165) is 35.0 Å². The summed E-state index contributed by atoms with van der Waals surface area (Å²) < 4.78 is 0. The van der Waals surface area contributed by atoms with Crippen LogP contribution in [-0.2, 0) is 0 Å². The van der Waals surface area contributed by atoms with Crippen LogP contribution in [0.25, 0.3) is 40.0 Å². The molecule has 2 heterocycles. The molecule has 0 bridgehead atoms. The number of rotatable bonds is 8. The highest BCUT2D eigenvalue weighted by molar-refractivity contribution is 5.87. The number of hydrogen-bond acceptors (Lipinski definition) is 3. The lowest BCUT2D eigenvalue weighted by molar-refractivity contribution is 0.439. The average Bonchev–Trinajstić information content (AvgIpc) is 3.48. The smallest absolute Gasteiger partial charge is 0.160 e. The van der Waals surface area contributed by atoms with Gasteiger partial charge >= 0.3 is 0 Å². The van der Waals surface area contributed by atoms with Gasteiger partial charge in [0.1, 0.15) is 0 Å². The van der Waals surface area contributed by atoms with E-state index < -0.39 is 0 Å². The van der Waals surface area contributed by atoms with E-state index in [1.807, 2.05) is 0 Å². The van der Waals surface area contributed by atoms with E-state index in [9.17, 15) is 0 Å². The maximum atomic E-state index is 5.30. The normalized spacial score (nSPS) is 21.5. The van der Waals surface area contributed by atoms with Crippen molar-refractivity contribution in [2.24, 2.45) is 11.8 Å². The molecule has 8 rings (SSSR count). The predicted molar refractivity (Wildman–Crippen MR) is 229 cm³/mol. The third-order valence-corrected chi connectivity index (χ3v) is 12.2. The van der Waals surface area contributed by atoms with Crippen LogP contribution in [0.5, 0.6) is 0 Å². The lowest BCUT2D eigenvalue weighted by Crippen LogP contribution is -2.33. The molecule has 5 aromatic rings. The van der Waals surface area contributed by atoms with Crippen molar-refractivity contribution in [3.8, 4) is 11.4 Å². The summed E-state index contributed by atoms with van der Waals surface area (Å²) in [7, 11) is 0. The van der Waals surface area contributed by atoms with E-state index >= 15 is 0 Å². The van der Waals surface area contributed by atoms with Gasteiger partial charge in [0.15, 0.2) is 5.82 Å². The van der Waals surface area contributed by atoms with Crippen LogP contribution in [0.1, 0.15) is 89.8 Å². The van der Waals surface area contributed by atoms with Gasteiger partial charge in [-0.1, -0.05) is 143 Å². The predicted octanol–water partition coefficient (Wildman–Crippen LogP) is 11.7. The second kappa shape index (κ2) is 15.6. The van der Waals surface area contributed by atoms with Crippen LogP contribution in [0, 0.1) is 11.8 Å². The SMILES string of the molecule is C=c1cccc/c1=C(/C=C\C)C1=CC2=C(CC1C)N(c1ccccc1)C(C/C=C(\C)c1ccc3nc(-c4ccccc4)nc(C4CCCCC4)c3c1)C2C. The minimum absolute atomic E-state index is 0.315. The molecular formula is C51H53N3. The van der Waals surface area contributed by atoms with Gasteiger partial charge in [-0.25, -0.2) is 9.97 Å². The Balaban J connectivity index is 1.16. The number of fused-ring (bicyclic) bond motifs is 1. The van der Waals surface area contributed by atoms with Crippen molar-refractivity contribution in [1.82, 2.24) is 9.97 Å². The van der Waals surface area contributed by atoms with Gasteiger partial charge in [-0.05, 0) is 108 Å². The molecule has 0 saturated heterocycles. The molecule has 3 atom stereocenters. The average molecular weight is 708 g/mol. The summed E-state index contributed by atoms with van der Waals surface area (Å²) in [6.07, 6.45) is 17.7. The standard InChI is InChI=1S/C51H53N3/c1-6-18-43(42-26-17-16-19-35(42)3)44-33-45-37(5)48(54(49(45)31-36(44)4)41-24-14-9-15-25-41)30-27-34(2)40-28-29-47-46(32-40)50(38-20-10-7-11-21-38)53-51(52-47)39-22-12-8-13-23-39/h6,8-9,12-19,22-29,32-33,36-38,48H,3,7,10-11,20-21,30-31H2,1-2,4-5H3/b18-6-,34-27+,43-42+. The number of benzene rings is 4. The summed E-state index contributed by atoms with van der Waals surface area (Å²) in [5.74, 6) is 2.07. The molecule has 0 N–H and O–H groups in total. The van der Waals surface area contributed by atoms with Gasteiger partial charge in [0.25, 0.3) is 0 Å². The van der Waals surface area contributed by atoms with Gasteiger partial charge in [-0.15, -0.1) is 0 Å². The van der Waals surface area contributed by atoms with Crippen molar-refractivity contribution in [3.05, 3.63) is 166 Å². The quantitative estimate of drug-likeness (QED) is 0.161. The Morgan fingerprint density at radius 2 is 1.57 bits per heavy atom. The molecule has 1 saturated carbocycles. The molecule has 0 radical (unpaired) electrons. The molecule has 1 aromatic heterocycles. The molecule has 2 aliphatic carbocycles. The van der Waals surface area contributed by atoms with Crippen LogP contribution in [-0.4, -0.2) is 16.0 Å². The van der Waals surface area contributed by atoms with E-state index in [4.69, 9.17) is 9.97 Å². The Morgan fingerprint density at radius 1 is 0.852 bits per heavy atom. The largest absolute Gasteiger partial charge is 0.341 e. The minimum atomic E-state index is 0.315. The number of allylic oxidation sites excluding steroid dienone is 6. The fourth-order valence-corrected chi connectivity index (χ4v) is 9.27. The van der Waals surface area contributed by atoms with Crippen molar-refractivity contribution in [2.45, 2.75) is 84.6 Å². The van der Waals surface area contributed by atoms with Crippen LogP contribution in [0.15, 0.2) is 144 Å². The first kappa shape index (κ1) is 35.7. The Bertz CT molecular complexity index is 2390. The highest BCUT2D eigenvalue weighted by Gasteiger charge is 2.40. The first-order valence-electron chi connectivity index (χ1n) is 20.2. The maximum absolute atomic E-state index is 5.30. The van der Waals surface area contributed by atoms with Gasteiger partial charge in [0, 0.05) is 40.2 Å². The molecule has 1 fully saturated rings. The van der Waals surface area contributed by atoms with Crippen LogP contribution in [0.4, 0.5) is 5.69 Å². The third-order valence-electron chi connectivity index (χ3n) is 12.2. The molecule has 54 heavy (non-hydrogen) atoms. The number of aromatic nitrogens is 2.